The quantitative estimate of drug-likeness (QED) is 0.253. The Morgan fingerprint density at radius 3 is 2.73 bits per heavy atom. The molecule has 1 N–H and O–H groups in total. The van der Waals surface area contributed by atoms with E-state index < -0.39 is 12.3 Å². The number of allylic oxidation sites excluding steroid dienone is 1. The van der Waals surface area contributed by atoms with Crippen molar-refractivity contribution >= 4 is 5.97 Å². The van der Waals surface area contributed by atoms with Crippen LogP contribution < -0.4 is 9.47 Å². The normalized spacial score (nSPS) is 21.3. The van der Waals surface area contributed by atoms with Gasteiger partial charge in [0.05, 0.1) is 26.4 Å². The van der Waals surface area contributed by atoms with Crippen LogP contribution in [0.3, 0.4) is 0 Å². The molecule has 0 spiro atoms. The number of rotatable bonds is 14. The van der Waals surface area contributed by atoms with Crippen LogP contribution in [0, 0.1) is 5.92 Å². The molecule has 9 nitrogen and oxygen atoms in total. The molecular weight excluding hydrogens is 432 g/mol. The SMILES string of the molecule is C=CCOC(=O)C1=CC(c2ccc3c(c2)OCO3)C(CCOCCOCCO)C(OCC)O1. The highest BCUT2D eigenvalue weighted by atomic mass is 16.7. The highest BCUT2D eigenvalue weighted by Crippen LogP contribution is 2.42. The Morgan fingerprint density at radius 1 is 1.18 bits per heavy atom. The van der Waals surface area contributed by atoms with Crippen LogP contribution in [0.5, 0.6) is 11.5 Å². The minimum Gasteiger partial charge on any atom is -0.457 e. The number of ether oxygens (including phenoxy) is 7. The van der Waals surface area contributed by atoms with Crippen molar-refractivity contribution in [2.75, 3.05) is 53.0 Å². The van der Waals surface area contributed by atoms with Gasteiger partial charge in [-0.25, -0.2) is 4.79 Å². The Kier molecular flexibility index (Phi) is 10.0. The molecule has 0 bridgehead atoms. The molecule has 9 heteroatoms. The van der Waals surface area contributed by atoms with Gasteiger partial charge in [-0.3, -0.25) is 0 Å². The first-order valence-electron chi connectivity index (χ1n) is 11.1. The highest BCUT2D eigenvalue weighted by Gasteiger charge is 2.39. The summed E-state index contributed by atoms with van der Waals surface area (Å²) in [5, 5.41) is 8.77. The Morgan fingerprint density at radius 2 is 1.97 bits per heavy atom. The molecule has 3 atom stereocenters. The number of carbonyl (C=O) groups is 1. The molecule has 3 unspecified atom stereocenters. The van der Waals surface area contributed by atoms with Gasteiger partial charge in [-0.05, 0) is 37.1 Å². The van der Waals surface area contributed by atoms with Gasteiger partial charge < -0.3 is 38.3 Å². The van der Waals surface area contributed by atoms with Crippen molar-refractivity contribution in [1.82, 2.24) is 0 Å². The van der Waals surface area contributed by atoms with Gasteiger partial charge in [0.2, 0.25) is 18.8 Å². The Bertz CT molecular complexity index is 807. The summed E-state index contributed by atoms with van der Waals surface area (Å²) in [6.07, 6.45) is 3.24. The molecule has 0 amide bonds. The second-order valence-electron chi connectivity index (χ2n) is 7.40. The van der Waals surface area contributed by atoms with Gasteiger partial charge in [0.1, 0.15) is 6.61 Å². The van der Waals surface area contributed by atoms with Crippen molar-refractivity contribution < 1.29 is 43.1 Å². The third-order valence-electron chi connectivity index (χ3n) is 5.23. The molecule has 1 aromatic carbocycles. The van der Waals surface area contributed by atoms with Crippen LogP contribution in [0.4, 0.5) is 0 Å². The van der Waals surface area contributed by atoms with Crippen LogP contribution in [0.1, 0.15) is 24.8 Å². The van der Waals surface area contributed by atoms with Crippen LogP contribution in [-0.4, -0.2) is 70.4 Å². The van der Waals surface area contributed by atoms with E-state index in [4.69, 9.17) is 38.3 Å². The van der Waals surface area contributed by atoms with E-state index in [0.717, 1.165) is 5.56 Å². The zero-order valence-electron chi connectivity index (χ0n) is 18.9. The predicted octanol–water partition coefficient (Wildman–Crippen LogP) is 2.54. The first-order valence-corrected chi connectivity index (χ1v) is 11.1. The monoisotopic (exact) mass is 464 g/mol. The van der Waals surface area contributed by atoms with E-state index >= 15 is 0 Å². The van der Waals surface area contributed by atoms with E-state index in [1.54, 1.807) is 6.08 Å². The second-order valence-corrected chi connectivity index (χ2v) is 7.40. The van der Waals surface area contributed by atoms with Gasteiger partial charge in [-0.2, -0.15) is 0 Å². The lowest BCUT2D eigenvalue weighted by molar-refractivity contribution is -0.176. The number of fused-ring (bicyclic) bond motifs is 1. The number of esters is 1. The second kappa shape index (κ2) is 13.2. The minimum atomic E-state index is -0.657. The Hall–Kier alpha value is -2.59. The van der Waals surface area contributed by atoms with E-state index in [9.17, 15) is 4.79 Å². The summed E-state index contributed by atoms with van der Waals surface area (Å²) in [4.78, 5) is 12.5. The van der Waals surface area contributed by atoms with Gasteiger partial charge in [0.15, 0.2) is 11.5 Å². The van der Waals surface area contributed by atoms with E-state index in [2.05, 4.69) is 6.58 Å². The molecule has 2 aliphatic heterocycles. The summed E-state index contributed by atoms with van der Waals surface area (Å²) in [7, 11) is 0. The minimum absolute atomic E-state index is 0.0173. The van der Waals surface area contributed by atoms with Crippen LogP contribution in [-0.2, 0) is 28.5 Å². The third-order valence-corrected chi connectivity index (χ3v) is 5.23. The van der Waals surface area contributed by atoms with Gasteiger partial charge in [0.25, 0.3) is 0 Å². The molecule has 33 heavy (non-hydrogen) atoms. The molecule has 0 saturated heterocycles. The zero-order valence-corrected chi connectivity index (χ0v) is 18.9. The largest absolute Gasteiger partial charge is 0.457 e. The molecule has 0 saturated carbocycles. The average Bonchev–Trinajstić information content (AvgIpc) is 3.30. The first kappa shape index (κ1) is 25.0. The molecule has 0 aromatic heterocycles. The highest BCUT2D eigenvalue weighted by molar-refractivity contribution is 5.86. The lowest BCUT2D eigenvalue weighted by atomic mass is 9.81. The maximum absolute atomic E-state index is 12.5. The third kappa shape index (κ3) is 6.94. The van der Waals surface area contributed by atoms with Crippen molar-refractivity contribution in [3.63, 3.8) is 0 Å². The molecule has 3 rings (SSSR count). The molecule has 2 heterocycles. The fourth-order valence-electron chi connectivity index (χ4n) is 3.74. The van der Waals surface area contributed by atoms with Gasteiger partial charge in [-0.1, -0.05) is 18.7 Å². The van der Waals surface area contributed by atoms with Crippen molar-refractivity contribution in [3.05, 3.63) is 48.3 Å². The van der Waals surface area contributed by atoms with Gasteiger partial charge >= 0.3 is 5.97 Å². The van der Waals surface area contributed by atoms with Gasteiger partial charge in [0, 0.05) is 25.0 Å². The molecule has 182 valence electrons. The van der Waals surface area contributed by atoms with Crippen molar-refractivity contribution in [2.45, 2.75) is 25.6 Å². The molecule has 0 aliphatic carbocycles. The van der Waals surface area contributed by atoms with E-state index in [-0.39, 0.29) is 44.2 Å². The van der Waals surface area contributed by atoms with Crippen LogP contribution in [0.2, 0.25) is 0 Å². The predicted molar refractivity (Wildman–Crippen MR) is 118 cm³/mol. The zero-order chi connectivity index (χ0) is 23.5. The number of hydrogen-bond donors (Lipinski definition) is 1. The summed E-state index contributed by atoms with van der Waals surface area (Å²) in [5.41, 5.74) is 0.942. The fraction of sp³-hybridized carbons (Fsp3) is 0.542. The van der Waals surface area contributed by atoms with E-state index in [1.807, 2.05) is 25.1 Å². The summed E-state index contributed by atoms with van der Waals surface area (Å²) >= 11 is 0. The molecule has 0 fully saturated rings. The van der Waals surface area contributed by atoms with Crippen LogP contribution in [0.15, 0.2) is 42.7 Å². The topological polar surface area (TPSA) is 102 Å². The van der Waals surface area contributed by atoms with Crippen LogP contribution >= 0.6 is 0 Å². The number of benzene rings is 1. The van der Waals surface area contributed by atoms with E-state index in [1.165, 1.54) is 6.08 Å². The Balaban J connectivity index is 1.79. The summed E-state index contributed by atoms with van der Waals surface area (Å²) in [6.45, 7) is 7.66. The molecule has 0 radical (unpaired) electrons. The average molecular weight is 465 g/mol. The van der Waals surface area contributed by atoms with Gasteiger partial charge in [-0.15, -0.1) is 0 Å². The molecule has 2 aliphatic rings. The number of carbonyl (C=O) groups excluding carboxylic acids is 1. The Labute approximate surface area is 193 Å². The summed E-state index contributed by atoms with van der Waals surface area (Å²) < 4.78 is 38.9. The molecular formula is C24H32O9. The smallest absolute Gasteiger partial charge is 0.373 e. The lowest BCUT2D eigenvalue weighted by Crippen LogP contribution is -2.37. The van der Waals surface area contributed by atoms with Crippen LogP contribution in [0.25, 0.3) is 0 Å². The number of aliphatic hydroxyl groups excluding tert-OH is 1. The van der Waals surface area contributed by atoms with Crippen molar-refractivity contribution in [3.8, 4) is 11.5 Å². The number of hydrogen-bond acceptors (Lipinski definition) is 9. The fourth-order valence-corrected chi connectivity index (χ4v) is 3.74. The maximum atomic E-state index is 12.5. The molecule has 1 aromatic rings. The van der Waals surface area contributed by atoms with Crippen molar-refractivity contribution in [1.29, 1.82) is 0 Å². The lowest BCUT2D eigenvalue weighted by Gasteiger charge is -2.36. The van der Waals surface area contributed by atoms with E-state index in [0.29, 0.717) is 44.3 Å². The number of aliphatic hydroxyl groups is 1. The first-order chi connectivity index (χ1) is 16.2. The summed E-state index contributed by atoms with van der Waals surface area (Å²) in [6, 6.07) is 5.73. The standard InChI is InChI=1S/C24H32O9/c1-3-9-30-23(26)22-15-19(17-5-6-20-21(14-17)32-16-31-20)18(24(33-22)29-4-2)7-10-27-12-13-28-11-8-25/h3,5-6,14-15,18-19,24-25H,1,4,7-13,16H2,2H3. The maximum Gasteiger partial charge on any atom is 0.373 e. The van der Waals surface area contributed by atoms with Crippen molar-refractivity contribution in [2.24, 2.45) is 5.92 Å². The summed E-state index contributed by atoms with van der Waals surface area (Å²) in [5.74, 6) is 0.551.